The van der Waals surface area contributed by atoms with Crippen LogP contribution in [0.4, 0.5) is 5.69 Å². The summed E-state index contributed by atoms with van der Waals surface area (Å²) in [6, 6.07) is 4.86. The van der Waals surface area contributed by atoms with Crippen LogP contribution in [0, 0.1) is 0 Å². The Labute approximate surface area is 125 Å². The highest BCUT2D eigenvalue weighted by atomic mass is 32.2. The molecule has 2 rings (SSSR count). The lowest BCUT2D eigenvalue weighted by atomic mass is 9.93. The minimum atomic E-state index is -3.72. The monoisotopic (exact) mass is 314 g/mol. The van der Waals surface area contributed by atoms with Gasteiger partial charge >= 0.3 is 0 Å². The first-order valence-electron chi connectivity index (χ1n) is 6.94. The molecule has 3 N–H and O–H groups in total. The Hall–Kier alpha value is -1.31. The molecule has 7 heteroatoms. The molecule has 0 spiro atoms. The fourth-order valence-electron chi connectivity index (χ4n) is 2.64. The number of rotatable bonds is 5. The number of hydrogen-bond donors (Lipinski definition) is 2. The van der Waals surface area contributed by atoms with Crippen molar-refractivity contribution in [3.63, 3.8) is 0 Å². The molecule has 1 aromatic rings. The van der Waals surface area contributed by atoms with Crippen molar-refractivity contribution in [3.8, 4) is 5.75 Å². The highest BCUT2D eigenvalue weighted by Crippen LogP contribution is 2.30. The minimum Gasteiger partial charge on any atom is -0.495 e. The summed E-state index contributed by atoms with van der Waals surface area (Å²) >= 11 is 0. The first kappa shape index (κ1) is 16.1. The van der Waals surface area contributed by atoms with E-state index in [1.807, 2.05) is 0 Å². The van der Waals surface area contributed by atoms with Crippen LogP contribution in [0.1, 0.15) is 25.7 Å². The number of nitrogens with one attached hydrogen (secondary N) is 1. The van der Waals surface area contributed by atoms with Gasteiger partial charge in [-0.15, -0.1) is 0 Å². The Morgan fingerprint density at radius 2 is 1.86 bits per heavy atom. The van der Waals surface area contributed by atoms with Crippen molar-refractivity contribution in [2.75, 3.05) is 19.5 Å². The number of sulfonamides is 1. The molecular formula is C14H22N2O4S. The highest BCUT2D eigenvalue weighted by molar-refractivity contribution is 7.89. The molecule has 1 aliphatic rings. The quantitative estimate of drug-likeness (QED) is 0.863. The van der Waals surface area contributed by atoms with Crippen LogP contribution in [0.15, 0.2) is 23.1 Å². The Kier molecular flexibility index (Phi) is 5.08. The number of primary sulfonamides is 1. The smallest absolute Gasteiger partial charge is 0.238 e. The van der Waals surface area contributed by atoms with Crippen molar-refractivity contribution in [2.24, 2.45) is 5.14 Å². The predicted octanol–water partition coefficient (Wildman–Crippen LogP) is 1.71. The lowest BCUT2D eigenvalue weighted by Crippen LogP contribution is -2.29. The second kappa shape index (κ2) is 6.64. The van der Waals surface area contributed by atoms with E-state index in [1.54, 1.807) is 20.3 Å². The summed E-state index contributed by atoms with van der Waals surface area (Å²) in [5.74, 6) is 0.608. The molecule has 118 valence electrons. The molecule has 0 bridgehead atoms. The minimum absolute atomic E-state index is 0.0800. The summed E-state index contributed by atoms with van der Waals surface area (Å²) < 4.78 is 33.5. The Morgan fingerprint density at radius 3 is 2.38 bits per heavy atom. The molecule has 0 saturated heterocycles. The summed E-state index contributed by atoms with van der Waals surface area (Å²) in [6.07, 6.45) is 4.25. The standard InChI is InChI=1S/C14H22N2O4S/c1-19-11-5-3-10(4-6-11)16-13-9-12(21(15,17)18)7-8-14(13)20-2/h7-11,16H,3-6H2,1-2H3,(H2,15,17,18). The van der Waals surface area contributed by atoms with Gasteiger partial charge in [0, 0.05) is 13.2 Å². The maximum atomic E-state index is 11.5. The fourth-order valence-corrected chi connectivity index (χ4v) is 3.18. The Bertz CT molecular complexity index is 581. The zero-order chi connectivity index (χ0) is 15.5. The van der Waals surface area contributed by atoms with E-state index in [0.717, 1.165) is 25.7 Å². The van der Waals surface area contributed by atoms with Gasteiger partial charge in [0.2, 0.25) is 10.0 Å². The summed E-state index contributed by atoms with van der Waals surface area (Å²) in [5, 5.41) is 8.53. The van der Waals surface area contributed by atoms with E-state index in [9.17, 15) is 8.42 Å². The van der Waals surface area contributed by atoms with Gasteiger partial charge in [-0.05, 0) is 43.9 Å². The molecular weight excluding hydrogens is 292 g/mol. The van der Waals surface area contributed by atoms with Gasteiger partial charge in [0.15, 0.2) is 0 Å². The van der Waals surface area contributed by atoms with Crippen molar-refractivity contribution in [1.82, 2.24) is 0 Å². The van der Waals surface area contributed by atoms with Crippen LogP contribution in [0.2, 0.25) is 0 Å². The molecule has 6 nitrogen and oxygen atoms in total. The third-order valence-electron chi connectivity index (χ3n) is 3.87. The summed E-state index contributed by atoms with van der Waals surface area (Å²) in [4.78, 5) is 0.0800. The maximum absolute atomic E-state index is 11.5. The second-order valence-electron chi connectivity index (χ2n) is 5.26. The van der Waals surface area contributed by atoms with Crippen LogP contribution in [0.25, 0.3) is 0 Å². The SMILES string of the molecule is COc1ccc(S(N)(=O)=O)cc1NC1CCC(OC)CC1. The molecule has 0 atom stereocenters. The van der Waals surface area contributed by atoms with Crippen molar-refractivity contribution in [1.29, 1.82) is 0 Å². The molecule has 0 aromatic heterocycles. The molecule has 0 amide bonds. The average molecular weight is 314 g/mol. The molecule has 21 heavy (non-hydrogen) atoms. The van der Waals surface area contributed by atoms with Gasteiger partial charge in [-0.3, -0.25) is 0 Å². The molecule has 1 saturated carbocycles. The van der Waals surface area contributed by atoms with Crippen molar-refractivity contribution in [2.45, 2.75) is 42.7 Å². The molecule has 1 aromatic carbocycles. The molecule has 0 radical (unpaired) electrons. The van der Waals surface area contributed by atoms with Gasteiger partial charge in [0.1, 0.15) is 5.75 Å². The van der Waals surface area contributed by atoms with Gasteiger partial charge in [-0.2, -0.15) is 0 Å². The Morgan fingerprint density at radius 1 is 1.19 bits per heavy atom. The topological polar surface area (TPSA) is 90.7 Å². The lowest BCUT2D eigenvalue weighted by Gasteiger charge is -2.29. The average Bonchev–Trinajstić information content (AvgIpc) is 2.47. The number of nitrogens with two attached hydrogens (primary N) is 1. The van der Waals surface area contributed by atoms with E-state index in [2.05, 4.69) is 5.32 Å². The maximum Gasteiger partial charge on any atom is 0.238 e. The zero-order valence-corrected chi connectivity index (χ0v) is 13.2. The van der Waals surface area contributed by atoms with Gasteiger partial charge in [-0.25, -0.2) is 13.6 Å². The predicted molar refractivity (Wildman–Crippen MR) is 81.0 cm³/mol. The molecule has 0 unspecified atom stereocenters. The normalized spacial score (nSPS) is 22.8. The van der Waals surface area contributed by atoms with Crippen molar-refractivity contribution in [3.05, 3.63) is 18.2 Å². The van der Waals surface area contributed by atoms with Crippen LogP contribution in [-0.4, -0.2) is 34.8 Å². The number of methoxy groups -OCH3 is 2. The van der Waals surface area contributed by atoms with Crippen molar-refractivity contribution < 1.29 is 17.9 Å². The van der Waals surface area contributed by atoms with Crippen molar-refractivity contribution >= 4 is 15.7 Å². The fraction of sp³-hybridized carbons (Fsp3) is 0.571. The van der Waals surface area contributed by atoms with Gasteiger partial charge in [0.25, 0.3) is 0 Å². The largest absolute Gasteiger partial charge is 0.495 e. The van der Waals surface area contributed by atoms with Gasteiger partial charge in [-0.1, -0.05) is 0 Å². The number of anilines is 1. The first-order valence-corrected chi connectivity index (χ1v) is 8.49. The van der Waals surface area contributed by atoms with Crippen LogP contribution in [0.5, 0.6) is 5.75 Å². The summed E-state index contributed by atoms with van der Waals surface area (Å²) in [6.45, 7) is 0. The number of ether oxygens (including phenoxy) is 2. The molecule has 1 aliphatic carbocycles. The van der Waals surface area contributed by atoms with E-state index >= 15 is 0 Å². The second-order valence-corrected chi connectivity index (χ2v) is 6.82. The van der Waals surface area contributed by atoms with Crippen LogP contribution in [-0.2, 0) is 14.8 Å². The van der Waals surface area contributed by atoms with Gasteiger partial charge in [0.05, 0.1) is 23.8 Å². The zero-order valence-electron chi connectivity index (χ0n) is 12.3. The van der Waals surface area contributed by atoms with Crippen LogP contribution >= 0.6 is 0 Å². The Balaban J connectivity index is 2.15. The van der Waals surface area contributed by atoms with E-state index in [-0.39, 0.29) is 10.9 Å². The van der Waals surface area contributed by atoms with E-state index in [4.69, 9.17) is 14.6 Å². The van der Waals surface area contributed by atoms with Crippen LogP contribution in [0.3, 0.4) is 0 Å². The van der Waals surface area contributed by atoms with Gasteiger partial charge < -0.3 is 14.8 Å². The third-order valence-corrected chi connectivity index (χ3v) is 4.78. The van der Waals surface area contributed by atoms with E-state index < -0.39 is 10.0 Å². The molecule has 0 heterocycles. The van der Waals surface area contributed by atoms with Crippen LogP contribution < -0.4 is 15.2 Å². The van der Waals surface area contributed by atoms with E-state index in [0.29, 0.717) is 17.5 Å². The highest BCUT2D eigenvalue weighted by Gasteiger charge is 2.22. The lowest BCUT2D eigenvalue weighted by molar-refractivity contribution is 0.0681. The third kappa shape index (κ3) is 4.09. The molecule has 0 aliphatic heterocycles. The van der Waals surface area contributed by atoms with E-state index in [1.165, 1.54) is 12.1 Å². The summed E-state index contributed by atoms with van der Waals surface area (Å²) in [5.41, 5.74) is 0.657. The number of benzene rings is 1. The summed E-state index contributed by atoms with van der Waals surface area (Å²) in [7, 11) is -0.432. The molecule has 1 fully saturated rings. The first-order chi connectivity index (χ1) is 9.94. The number of hydrogen-bond acceptors (Lipinski definition) is 5.